The Morgan fingerprint density at radius 3 is 2.89 bits per heavy atom. The maximum absolute atomic E-state index is 11.3. The first-order valence-electron chi connectivity index (χ1n) is 5.32. The third kappa shape index (κ3) is 2.32. The Morgan fingerprint density at radius 1 is 1.50 bits per heavy atom. The summed E-state index contributed by atoms with van der Waals surface area (Å²) in [6, 6.07) is 2.83. The fraction of sp³-hybridized carbons (Fsp3) is 0.250. The molecule has 18 heavy (non-hydrogen) atoms. The molecule has 0 radical (unpaired) electrons. The Morgan fingerprint density at radius 2 is 2.22 bits per heavy atom. The molecule has 0 bridgehead atoms. The van der Waals surface area contributed by atoms with Crippen LogP contribution in [0.4, 0.5) is 0 Å². The summed E-state index contributed by atoms with van der Waals surface area (Å²) in [4.78, 5) is 14.4. The smallest absolute Gasteiger partial charge is 0.322 e. The first-order chi connectivity index (χ1) is 8.54. The van der Waals surface area contributed by atoms with E-state index in [4.69, 9.17) is 28.9 Å². The minimum atomic E-state index is -0.718. The molecule has 0 aliphatic rings. The molecule has 96 valence electrons. The molecule has 0 spiro atoms. The molecule has 0 saturated carbocycles. The molecule has 0 aliphatic heterocycles. The molecule has 1 unspecified atom stereocenters. The van der Waals surface area contributed by atoms with Crippen LogP contribution in [0.3, 0.4) is 0 Å². The van der Waals surface area contributed by atoms with E-state index < -0.39 is 12.0 Å². The average Bonchev–Trinajstić information content (AvgIpc) is 2.76. The number of benzene rings is 1. The predicted octanol–water partition coefficient (Wildman–Crippen LogP) is 2.52. The summed E-state index contributed by atoms with van der Waals surface area (Å²) in [6.07, 6.45) is 2.11. The first-order valence-corrected chi connectivity index (χ1v) is 6.07. The molecule has 3 N–H and O–H groups in total. The van der Waals surface area contributed by atoms with Gasteiger partial charge in [0.1, 0.15) is 6.04 Å². The van der Waals surface area contributed by atoms with Gasteiger partial charge < -0.3 is 15.5 Å². The number of carbonyl (C=O) groups is 1. The van der Waals surface area contributed by atoms with Gasteiger partial charge in [0.25, 0.3) is 0 Å². The number of hydrogen-bond donors (Lipinski definition) is 2. The highest BCUT2D eigenvalue weighted by Crippen LogP contribution is 2.33. The zero-order valence-electron chi connectivity index (χ0n) is 9.67. The van der Waals surface area contributed by atoms with Crippen molar-refractivity contribution >= 4 is 40.1 Å². The molecule has 2 aromatic rings. The molecular formula is C12H12Cl2N2O2. The Kier molecular flexibility index (Phi) is 3.80. The van der Waals surface area contributed by atoms with Crippen molar-refractivity contribution in [1.82, 2.24) is 4.98 Å². The molecule has 1 atom stereocenters. The van der Waals surface area contributed by atoms with Gasteiger partial charge >= 0.3 is 5.97 Å². The quantitative estimate of drug-likeness (QED) is 0.852. The summed E-state index contributed by atoms with van der Waals surface area (Å²) in [5.41, 5.74) is 7.43. The predicted molar refractivity (Wildman–Crippen MR) is 72.0 cm³/mol. The number of halogens is 2. The molecular weight excluding hydrogens is 275 g/mol. The SMILES string of the molecule is COC(=O)C(N)Cc1c[nH]c2ccc(Cl)c(Cl)c12. The first kappa shape index (κ1) is 13.2. The number of carbonyl (C=O) groups excluding carboxylic acids is 1. The van der Waals surface area contributed by atoms with Crippen LogP contribution in [0, 0.1) is 0 Å². The molecule has 0 amide bonds. The molecule has 2 rings (SSSR count). The van der Waals surface area contributed by atoms with Crippen molar-refractivity contribution in [1.29, 1.82) is 0 Å². The third-order valence-corrected chi connectivity index (χ3v) is 3.57. The highest BCUT2D eigenvalue weighted by molar-refractivity contribution is 6.45. The summed E-state index contributed by atoms with van der Waals surface area (Å²) >= 11 is 12.1. The Labute approximate surface area is 114 Å². The van der Waals surface area contributed by atoms with Gasteiger partial charge in [-0.3, -0.25) is 4.79 Å². The van der Waals surface area contributed by atoms with E-state index in [0.717, 1.165) is 16.5 Å². The van der Waals surface area contributed by atoms with Gasteiger partial charge in [0, 0.05) is 23.5 Å². The summed E-state index contributed by atoms with van der Waals surface area (Å²) in [5, 5.41) is 1.72. The maximum atomic E-state index is 11.3. The van der Waals surface area contributed by atoms with Crippen molar-refractivity contribution in [3.63, 3.8) is 0 Å². The lowest BCUT2D eigenvalue weighted by Gasteiger charge is -2.08. The van der Waals surface area contributed by atoms with E-state index >= 15 is 0 Å². The summed E-state index contributed by atoms with van der Waals surface area (Å²) in [7, 11) is 1.31. The third-order valence-electron chi connectivity index (χ3n) is 2.76. The van der Waals surface area contributed by atoms with Crippen LogP contribution in [-0.4, -0.2) is 24.1 Å². The second-order valence-electron chi connectivity index (χ2n) is 3.93. The van der Waals surface area contributed by atoms with E-state index in [1.165, 1.54) is 7.11 Å². The molecule has 0 fully saturated rings. The fourth-order valence-corrected chi connectivity index (χ4v) is 2.30. The van der Waals surface area contributed by atoms with E-state index in [1.807, 2.05) is 6.07 Å². The highest BCUT2D eigenvalue weighted by atomic mass is 35.5. The number of methoxy groups -OCH3 is 1. The van der Waals surface area contributed by atoms with Crippen molar-refractivity contribution < 1.29 is 9.53 Å². The number of aromatic amines is 1. The second-order valence-corrected chi connectivity index (χ2v) is 4.72. The van der Waals surface area contributed by atoms with Gasteiger partial charge in [-0.15, -0.1) is 0 Å². The zero-order chi connectivity index (χ0) is 13.3. The van der Waals surface area contributed by atoms with Crippen molar-refractivity contribution in [2.75, 3.05) is 7.11 Å². The number of rotatable bonds is 3. The van der Waals surface area contributed by atoms with Crippen molar-refractivity contribution in [2.24, 2.45) is 5.73 Å². The van der Waals surface area contributed by atoms with Crippen LogP contribution in [0.25, 0.3) is 10.9 Å². The maximum Gasteiger partial charge on any atom is 0.322 e. The minimum absolute atomic E-state index is 0.340. The van der Waals surface area contributed by atoms with Crippen molar-refractivity contribution in [3.05, 3.63) is 33.9 Å². The van der Waals surface area contributed by atoms with Gasteiger partial charge in [0.05, 0.1) is 17.2 Å². The van der Waals surface area contributed by atoms with Crippen LogP contribution in [0.5, 0.6) is 0 Å². The number of esters is 1. The minimum Gasteiger partial charge on any atom is -0.468 e. The average molecular weight is 287 g/mol. The molecule has 6 heteroatoms. The number of nitrogens with two attached hydrogens (primary N) is 1. The number of fused-ring (bicyclic) bond motifs is 1. The van der Waals surface area contributed by atoms with Crippen LogP contribution < -0.4 is 5.73 Å². The monoisotopic (exact) mass is 286 g/mol. The van der Waals surface area contributed by atoms with E-state index in [0.29, 0.717) is 16.5 Å². The number of aromatic nitrogens is 1. The second kappa shape index (κ2) is 5.18. The van der Waals surface area contributed by atoms with Gasteiger partial charge in [-0.05, 0) is 17.7 Å². The van der Waals surface area contributed by atoms with E-state index in [-0.39, 0.29) is 0 Å². The molecule has 0 aliphatic carbocycles. The van der Waals surface area contributed by atoms with Crippen LogP contribution >= 0.6 is 23.2 Å². The lowest BCUT2D eigenvalue weighted by molar-refractivity contribution is -0.142. The zero-order valence-corrected chi connectivity index (χ0v) is 11.2. The molecule has 1 aromatic carbocycles. The lowest BCUT2D eigenvalue weighted by atomic mass is 10.1. The fourth-order valence-electron chi connectivity index (χ4n) is 1.85. The van der Waals surface area contributed by atoms with Gasteiger partial charge in [-0.1, -0.05) is 23.2 Å². The van der Waals surface area contributed by atoms with Gasteiger partial charge in [-0.25, -0.2) is 0 Å². The molecule has 1 heterocycles. The van der Waals surface area contributed by atoms with Gasteiger partial charge in [0.2, 0.25) is 0 Å². The van der Waals surface area contributed by atoms with E-state index in [9.17, 15) is 4.79 Å². The van der Waals surface area contributed by atoms with Crippen LogP contribution in [0.1, 0.15) is 5.56 Å². The molecule has 0 saturated heterocycles. The Hall–Kier alpha value is -1.23. The Balaban J connectivity index is 2.40. The summed E-state index contributed by atoms with van der Waals surface area (Å²) < 4.78 is 4.59. The van der Waals surface area contributed by atoms with Gasteiger partial charge in [0.15, 0.2) is 0 Å². The normalized spacial score (nSPS) is 12.7. The summed E-state index contributed by atoms with van der Waals surface area (Å²) in [6.45, 7) is 0. The topological polar surface area (TPSA) is 68.1 Å². The van der Waals surface area contributed by atoms with Crippen molar-refractivity contribution in [3.8, 4) is 0 Å². The van der Waals surface area contributed by atoms with Crippen LogP contribution in [0.2, 0.25) is 10.0 Å². The van der Waals surface area contributed by atoms with Gasteiger partial charge in [-0.2, -0.15) is 0 Å². The number of ether oxygens (including phenoxy) is 1. The van der Waals surface area contributed by atoms with E-state index in [1.54, 1.807) is 12.3 Å². The lowest BCUT2D eigenvalue weighted by Crippen LogP contribution is -2.33. The largest absolute Gasteiger partial charge is 0.468 e. The molecule has 4 nitrogen and oxygen atoms in total. The highest BCUT2D eigenvalue weighted by Gasteiger charge is 2.18. The van der Waals surface area contributed by atoms with Crippen LogP contribution in [0.15, 0.2) is 18.3 Å². The molecule has 1 aromatic heterocycles. The summed E-state index contributed by atoms with van der Waals surface area (Å²) in [5.74, 6) is -0.456. The Bertz CT molecular complexity index is 595. The number of H-pyrrole nitrogens is 1. The number of hydrogen-bond acceptors (Lipinski definition) is 3. The van der Waals surface area contributed by atoms with Crippen molar-refractivity contribution in [2.45, 2.75) is 12.5 Å². The van der Waals surface area contributed by atoms with E-state index in [2.05, 4.69) is 9.72 Å². The standard InChI is InChI=1S/C12H12Cl2N2O2/c1-18-12(17)8(15)4-6-5-16-9-3-2-7(13)11(14)10(6)9/h2-3,5,8,16H,4,15H2,1H3. The van der Waals surface area contributed by atoms with Crippen LogP contribution in [-0.2, 0) is 16.0 Å². The number of nitrogens with one attached hydrogen (secondary N) is 1.